The Morgan fingerprint density at radius 2 is 1.61 bits per heavy atom. The van der Waals surface area contributed by atoms with Gasteiger partial charge in [0.25, 0.3) is 17.7 Å². The minimum Gasteiger partial charge on any atom is -0.322 e. The maximum atomic E-state index is 13.0. The lowest BCUT2D eigenvalue weighted by Gasteiger charge is -2.26. The Morgan fingerprint density at radius 3 is 2.32 bits per heavy atom. The molecule has 162 valence electrons. The molecule has 2 aliphatic rings. The Kier molecular flexibility index (Phi) is 5.40. The molecule has 0 aliphatic carbocycles. The van der Waals surface area contributed by atoms with E-state index in [1.165, 1.54) is 35.6 Å². The van der Waals surface area contributed by atoms with Crippen molar-refractivity contribution in [1.82, 2.24) is 9.21 Å². The van der Waals surface area contributed by atoms with Gasteiger partial charge in [0, 0.05) is 31.4 Å². The van der Waals surface area contributed by atoms with Crippen molar-refractivity contribution in [2.75, 3.05) is 25.5 Å². The highest BCUT2D eigenvalue weighted by Gasteiger charge is 2.33. The smallest absolute Gasteiger partial charge is 0.261 e. The molecule has 2 heterocycles. The normalized spacial score (nSPS) is 17.0. The fourth-order valence-electron chi connectivity index (χ4n) is 3.90. The van der Waals surface area contributed by atoms with Gasteiger partial charge in [0.2, 0.25) is 10.0 Å². The Morgan fingerprint density at radius 1 is 0.935 bits per heavy atom. The van der Waals surface area contributed by atoms with Crippen molar-refractivity contribution in [3.8, 4) is 0 Å². The van der Waals surface area contributed by atoms with Crippen molar-refractivity contribution in [3.05, 3.63) is 58.7 Å². The summed E-state index contributed by atoms with van der Waals surface area (Å²) in [6, 6.07) is 9.03. The Hall–Kier alpha value is -3.04. The molecule has 2 aromatic rings. The third kappa shape index (κ3) is 3.75. The van der Waals surface area contributed by atoms with Crippen LogP contribution < -0.4 is 5.32 Å². The number of hydrogen-bond donors (Lipinski definition) is 1. The predicted molar refractivity (Wildman–Crippen MR) is 115 cm³/mol. The minimum atomic E-state index is -3.67. The summed E-state index contributed by atoms with van der Waals surface area (Å²) in [5.74, 6) is -1.30. The summed E-state index contributed by atoms with van der Waals surface area (Å²) in [4.78, 5) is 38.2. The number of piperidine rings is 1. The van der Waals surface area contributed by atoms with E-state index in [-0.39, 0.29) is 27.5 Å². The Balaban J connectivity index is 1.61. The van der Waals surface area contributed by atoms with Crippen LogP contribution in [0, 0.1) is 6.92 Å². The second-order valence-corrected chi connectivity index (χ2v) is 9.76. The number of rotatable bonds is 4. The van der Waals surface area contributed by atoms with E-state index in [0.717, 1.165) is 24.2 Å². The molecular weight excluding hydrogens is 418 g/mol. The monoisotopic (exact) mass is 441 g/mol. The molecule has 4 rings (SSSR count). The number of nitrogens with one attached hydrogen (secondary N) is 1. The second kappa shape index (κ2) is 7.90. The van der Waals surface area contributed by atoms with E-state index in [1.54, 1.807) is 19.1 Å². The van der Waals surface area contributed by atoms with E-state index in [2.05, 4.69) is 5.32 Å². The number of aryl methyl sites for hydroxylation is 1. The van der Waals surface area contributed by atoms with Crippen molar-refractivity contribution < 1.29 is 22.8 Å². The van der Waals surface area contributed by atoms with Gasteiger partial charge >= 0.3 is 0 Å². The lowest BCUT2D eigenvalue weighted by molar-refractivity contribution is 0.0692. The Bertz CT molecular complexity index is 1200. The molecule has 0 atom stereocenters. The molecule has 0 spiro atoms. The van der Waals surface area contributed by atoms with Crippen molar-refractivity contribution in [1.29, 1.82) is 0 Å². The molecule has 1 N–H and O–H groups in total. The third-order valence-electron chi connectivity index (χ3n) is 5.75. The van der Waals surface area contributed by atoms with Crippen LogP contribution in [0.15, 0.2) is 41.3 Å². The Labute approximate surface area is 180 Å². The number of anilines is 1. The topological polar surface area (TPSA) is 104 Å². The summed E-state index contributed by atoms with van der Waals surface area (Å²) in [6.07, 6.45) is 2.67. The van der Waals surface area contributed by atoms with Crippen molar-refractivity contribution >= 4 is 33.4 Å². The SMILES string of the molecule is Cc1ccc(S(=O)(=O)N2CCCCC2)cc1C(=O)Nc1ccc2c(c1)C(=O)N(C)C2=O. The summed E-state index contributed by atoms with van der Waals surface area (Å²) >= 11 is 0. The summed E-state index contributed by atoms with van der Waals surface area (Å²) in [5.41, 5.74) is 1.73. The van der Waals surface area contributed by atoms with Crippen LogP contribution in [0.25, 0.3) is 0 Å². The predicted octanol–water partition coefficient (Wildman–Crippen LogP) is 2.65. The van der Waals surface area contributed by atoms with Crippen LogP contribution in [0.2, 0.25) is 0 Å². The van der Waals surface area contributed by atoms with Gasteiger partial charge in [-0.3, -0.25) is 19.3 Å². The van der Waals surface area contributed by atoms with Crippen molar-refractivity contribution in [2.24, 2.45) is 0 Å². The van der Waals surface area contributed by atoms with E-state index in [9.17, 15) is 22.8 Å². The van der Waals surface area contributed by atoms with E-state index < -0.39 is 21.8 Å². The molecule has 0 radical (unpaired) electrons. The molecule has 1 fully saturated rings. The van der Waals surface area contributed by atoms with Gasteiger partial charge in [0.05, 0.1) is 16.0 Å². The van der Waals surface area contributed by atoms with Crippen LogP contribution in [0.4, 0.5) is 5.69 Å². The number of benzene rings is 2. The van der Waals surface area contributed by atoms with Crippen molar-refractivity contribution in [2.45, 2.75) is 31.1 Å². The number of carbonyl (C=O) groups is 3. The fraction of sp³-hybridized carbons (Fsp3) is 0.318. The molecule has 8 nitrogen and oxygen atoms in total. The van der Waals surface area contributed by atoms with Crippen LogP contribution in [0.5, 0.6) is 0 Å². The first-order valence-electron chi connectivity index (χ1n) is 10.1. The van der Waals surface area contributed by atoms with Crippen LogP contribution >= 0.6 is 0 Å². The van der Waals surface area contributed by atoms with Gasteiger partial charge < -0.3 is 5.32 Å². The average Bonchev–Trinajstić information content (AvgIpc) is 2.98. The lowest BCUT2D eigenvalue weighted by atomic mass is 10.1. The molecule has 2 aliphatic heterocycles. The van der Waals surface area contributed by atoms with Crippen LogP contribution in [-0.2, 0) is 10.0 Å². The molecular formula is C22H23N3O5S. The number of imide groups is 1. The van der Waals surface area contributed by atoms with Gasteiger partial charge in [0.1, 0.15) is 0 Å². The van der Waals surface area contributed by atoms with E-state index in [1.807, 2.05) is 0 Å². The van der Waals surface area contributed by atoms with Gasteiger partial charge in [-0.05, 0) is 55.7 Å². The molecule has 3 amide bonds. The van der Waals surface area contributed by atoms with Gasteiger partial charge in [-0.15, -0.1) is 0 Å². The quantitative estimate of drug-likeness (QED) is 0.735. The molecule has 0 saturated carbocycles. The number of sulfonamides is 1. The van der Waals surface area contributed by atoms with Gasteiger partial charge in [-0.25, -0.2) is 8.42 Å². The molecule has 0 aromatic heterocycles. The standard InChI is InChI=1S/C22H23N3O5S/c1-14-6-8-16(31(29,30)25-10-4-3-5-11-25)13-18(14)20(26)23-15-7-9-17-19(12-15)22(28)24(2)21(17)27/h6-9,12-13H,3-5,10-11H2,1-2H3,(H,23,26). The minimum absolute atomic E-state index is 0.0847. The molecule has 1 saturated heterocycles. The summed E-state index contributed by atoms with van der Waals surface area (Å²) in [5, 5.41) is 2.71. The first-order chi connectivity index (χ1) is 14.7. The number of nitrogens with zero attached hydrogens (tertiary/aromatic N) is 2. The third-order valence-corrected chi connectivity index (χ3v) is 7.65. The summed E-state index contributed by atoms with van der Waals surface area (Å²) in [7, 11) is -2.27. The highest BCUT2D eigenvalue weighted by molar-refractivity contribution is 7.89. The summed E-state index contributed by atoms with van der Waals surface area (Å²) in [6.45, 7) is 2.69. The molecule has 31 heavy (non-hydrogen) atoms. The molecule has 9 heteroatoms. The fourth-order valence-corrected chi connectivity index (χ4v) is 5.44. The van der Waals surface area contributed by atoms with E-state index >= 15 is 0 Å². The zero-order valence-electron chi connectivity index (χ0n) is 17.3. The van der Waals surface area contributed by atoms with E-state index in [4.69, 9.17) is 0 Å². The first kappa shape index (κ1) is 21.2. The van der Waals surface area contributed by atoms with Crippen LogP contribution in [-0.4, -0.2) is 55.5 Å². The van der Waals surface area contributed by atoms with Gasteiger partial charge in [0.15, 0.2) is 0 Å². The van der Waals surface area contributed by atoms with E-state index in [0.29, 0.717) is 24.3 Å². The number of fused-ring (bicyclic) bond motifs is 1. The largest absolute Gasteiger partial charge is 0.322 e. The maximum Gasteiger partial charge on any atom is 0.261 e. The molecule has 2 aromatic carbocycles. The maximum absolute atomic E-state index is 13.0. The zero-order valence-corrected chi connectivity index (χ0v) is 18.2. The van der Waals surface area contributed by atoms with Crippen LogP contribution in [0.3, 0.4) is 0 Å². The lowest BCUT2D eigenvalue weighted by Crippen LogP contribution is -2.35. The second-order valence-electron chi connectivity index (χ2n) is 7.83. The first-order valence-corrected chi connectivity index (χ1v) is 11.5. The highest BCUT2D eigenvalue weighted by Crippen LogP contribution is 2.26. The number of amides is 3. The van der Waals surface area contributed by atoms with Gasteiger partial charge in [-0.2, -0.15) is 4.31 Å². The zero-order chi connectivity index (χ0) is 22.3. The van der Waals surface area contributed by atoms with Crippen molar-refractivity contribution in [3.63, 3.8) is 0 Å². The highest BCUT2D eigenvalue weighted by atomic mass is 32.2. The number of hydrogen-bond acceptors (Lipinski definition) is 5. The molecule has 0 unspecified atom stereocenters. The number of carbonyl (C=O) groups excluding carboxylic acids is 3. The van der Waals surface area contributed by atoms with Crippen LogP contribution in [0.1, 0.15) is 55.9 Å². The summed E-state index contributed by atoms with van der Waals surface area (Å²) < 4.78 is 27.4. The molecule has 0 bridgehead atoms. The average molecular weight is 442 g/mol. The van der Waals surface area contributed by atoms with Gasteiger partial charge in [-0.1, -0.05) is 12.5 Å².